The Bertz CT molecular complexity index is 1470. The van der Waals surface area contributed by atoms with E-state index in [9.17, 15) is 13.5 Å². The fourth-order valence-corrected chi connectivity index (χ4v) is 6.41. The average Bonchev–Trinajstić information content (AvgIpc) is 3.00. The number of sulfonamides is 1. The molecule has 7 nitrogen and oxygen atoms in total. The molecule has 0 radical (unpaired) electrons. The van der Waals surface area contributed by atoms with E-state index in [4.69, 9.17) is 9.47 Å². The maximum absolute atomic E-state index is 13.2. The number of fused-ring (bicyclic) bond motifs is 1. The summed E-state index contributed by atoms with van der Waals surface area (Å²) in [6, 6.07) is 30.5. The molecule has 40 heavy (non-hydrogen) atoms. The second-order valence-corrected chi connectivity index (χ2v) is 12.2. The van der Waals surface area contributed by atoms with Gasteiger partial charge in [0.2, 0.25) is 10.0 Å². The van der Waals surface area contributed by atoms with Crippen LogP contribution in [0.25, 0.3) is 10.8 Å². The fourth-order valence-electron chi connectivity index (χ4n) is 4.91. The first-order chi connectivity index (χ1) is 19.5. The van der Waals surface area contributed by atoms with Gasteiger partial charge in [-0.05, 0) is 78.0 Å². The van der Waals surface area contributed by atoms with E-state index in [-0.39, 0.29) is 6.61 Å². The Morgan fingerprint density at radius 1 is 0.825 bits per heavy atom. The van der Waals surface area contributed by atoms with Crippen molar-refractivity contribution in [1.29, 1.82) is 0 Å². The monoisotopic (exact) mass is 560 g/mol. The third kappa shape index (κ3) is 7.40. The molecule has 0 spiro atoms. The number of hydrogen-bond donors (Lipinski definition) is 2. The van der Waals surface area contributed by atoms with Gasteiger partial charge in [-0.15, -0.1) is 0 Å². The van der Waals surface area contributed by atoms with Crippen molar-refractivity contribution in [2.75, 3.05) is 32.8 Å². The van der Waals surface area contributed by atoms with Gasteiger partial charge in [-0.3, -0.25) is 0 Å². The van der Waals surface area contributed by atoms with Gasteiger partial charge in [-0.25, -0.2) is 8.42 Å². The zero-order valence-electron chi connectivity index (χ0n) is 22.5. The van der Waals surface area contributed by atoms with E-state index in [1.807, 2.05) is 84.9 Å². The zero-order valence-corrected chi connectivity index (χ0v) is 23.3. The maximum Gasteiger partial charge on any atom is 0.243 e. The lowest BCUT2D eigenvalue weighted by Crippen LogP contribution is -2.42. The summed E-state index contributed by atoms with van der Waals surface area (Å²) in [4.78, 5) is 0.347. The van der Waals surface area contributed by atoms with Gasteiger partial charge < -0.3 is 19.9 Å². The van der Waals surface area contributed by atoms with Crippen molar-refractivity contribution in [2.45, 2.75) is 30.4 Å². The van der Waals surface area contributed by atoms with Crippen LogP contribution in [0.1, 0.15) is 18.4 Å². The van der Waals surface area contributed by atoms with Crippen LogP contribution in [0.2, 0.25) is 0 Å². The first-order valence-corrected chi connectivity index (χ1v) is 15.2. The number of ether oxygens (including phenoxy) is 2. The lowest BCUT2D eigenvalue weighted by molar-refractivity contribution is 0.104. The van der Waals surface area contributed by atoms with E-state index >= 15 is 0 Å². The van der Waals surface area contributed by atoms with Gasteiger partial charge in [0.25, 0.3) is 0 Å². The van der Waals surface area contributed by atoms with Crippen molar-refractivity contribution >= 4 is 20.8 Å². The normalized spacial score (nSPS) is 15.6. The molecule has 1 atom stereocenters. The van der Waals surface area contributed by atoms with Crippen LogP contribution in [0.3, 0.4) is 0 Å². The minimum atomic E-state index is -3.52. The zero-order chi connectivity index (χ0) is 27.8. The van der Waals surface area contributed by atoms with Crippen LogP contribution in [0.5, 0.6) is 11.5 Å². The second-order valence-electron chi connectivity index (χ2n) is 10.2. The first-order valence-electron chi connectivity index (χ1n) is 13.7. The molecule has 8 heteroatoms. The molecular weight excluding hydrogens is 524 g/mol. The molecule has 0 aromatic heterocycles. The predicted molar refractivity (Wildman–Crippen MR) is 157 cm³/mol. The van der Waals surface area contributed by atoms with Gasteiger partial charge in [-0.1, -0.05) is 60.7 Å². The van der Waals surface area contributed by atoms with Crippen LogP contribution in [0, 0.1) is 5.92 Å². The molecule has 0 aliphatic carbocycles. The average molecular weight is 561 g/mol. The summed E-state index contributed by atoms with van der Waals surface area (Å²) in [6.07, 6.45) is 0.915. The minimum Gasteiger partial charge on any atom is -0.491 e. The molecule has 1 saturated heterocycles. The number of hydrogen-bond acceptors (Lipinski definition) is 6. The quantitative estimate of drug-likeness (QED) is 0.258. The highest BCUT2D eigenvalue weighted by molar-refractivity contribution is 7.89. The molecule has 1 heterocycles. The van der Waals surface area contributed by atoms with Crippen molar-refractivity contribution in [2.24, 2.45) is 5.92 Å². The molecule has 1 aliphatic rings. The van der Waals surface area contributed by atoms with Gasteiger partial charge in [0.15, 0.2) is 0 Å². The molecule has 1 aliphatic heterocycles. The van der Waals surface area contributed by atoms with E-state index in [0.717, 1.165) is 41.5 Å². The Morgan fingerprint density at radius 3 is 2.20 bits per heavy atom. The molecule has 1 fully saturated rings. The molecule has 210 valence electrons. The van der Waals surface area contributed by atoms with Crippen molar-refractivity contribution in [3.8, 4) is 11.5 Å². The molecule has 0 bridgehead atoms. The van der Waals surface area contributed by atoms with Crippen LogP contribution < -0.4 is 14.8 Å². The molecule has 5 rings (SSSR count). The SMILES string of the molecule is O=S(=O)(c1ccc2ccccc2c1)N1CCC(CNC[C@H](O)COc2ccc(OCc3ccccc3)cc2)CC1. The number of rotatable bonds is 12. The Labute approximate surface area is 236 Å². The molecule has 4 aromatic carbocycles. The Balaban J connectivity index is 0.995. The van der Waals surface area contributed by atoms with Gasteiger partial charge >= 0.3 is 0 Å². The Hall–Kier alpha value is -3.43. The summed E-state index contributed by atoms with van der Waals surface area (Å²) in [5, 5.41) is 15.6. The largest absolute Gasteiger partial charge is 0.491 e. The molecule has 0 amide bonds. The van der Waals surface area contributed by atoms with Crippen molar-refractivity contribution < 1.29 is 23.0 Å². The third-order valence-corrected chi connectivity index (χ3v) is 9.15. The summed E-state index contributed by atoms with van der Waals surface area (Å²) in [5.41, 5.74) is 1.11. The lowest BCUT2D eigenvalue weighted by Gasteiger charge is -2.31. The number of benzene rings is 4. The summed E-state index contributed by atoms with van der Waals surface area (Å²) in [5.74, 6) is 1.79. The van der Waals surface area contributed by atoms with Crippen molar-refractivity contribution in [3.63, 3.8) is 0 Å². The summed E-state index contributed by atoms with van der Waals surface area (Å²) >= 11 is 0. The maximum atomic E-state index is 13.2. The minimum absolute atomic E-state index is 0.180. The molecule has 0 unspecified atom stereocenters. The molecule has 0 saturated carbocycles. The smallest absolute Gasteiger partial charge is 0.243 e. The molecule has 2 N–H and O–H groups in total. The van der Waals surface area contributed by atoms with Crippen LogP contribution in [0.15, 0.2) is 102 Å². The van der Waals surface area contributed by atoms with E-state index < -0.39 is 16.1 Å². The first kappa shape index (κ1) is 28.1. The number of nitrogens with zero attached hydrogens (tertiary/aromatic N) is 1. The fraction of sp³-hybridized carbons (Fsp3) is 0.312. The van der Waals surface area contributed by atoms with Crippen LogP contribution in [-0.2, 0) is 16.6 Å². The Kier molecular flexibility index (Phi) is 9.34. The standard InChI is InChI=1S/C32H36N2O5S/c35-29(24-39-31-13-11-30(12-14-31)38-23-26-6-2-1-3-7-26)22-33-21-25-16-18-34(19-17-25)40(36,37)32-15-10-27-8-4-5-9-28(27)20-32/h1-15,20,25,29,33,35H,16-19,21-24H2/t29-/m0/s1. The lowest BCUT2D eigenvalue weighted by atomic mass is 9.98. The summed E-state index contributed by atoms with van der Waals surface area (Å²) in [6.45, 7) is 2.82. The predicted octanol–water partition coefficient (Wildman–Crippen LogP) is 4.85. The van der Waals surface area contributed by atoms with Gasteiger partial charge in [-0.2, -0.15) is 4.31 Å². The van der Waals surface area contributed by atoms with Gasteiger partial charge in [0.1, 0.15) is 30.8 Å². The van der Waals surface area contributed by atoms with E-state index in [0.29, 0.717) is 42.8 Å². The van der Waals surface area contributed by atoms with Crippen molar-refractivity contribution in [1.82, 2.24) is 9.62 Å². The number of piperidine rings is 1. The highest BCUT2D eigenvalue weighted by Crippen LogP contribution is 2.26. The van der Waals surface area contributed by atoms with E-state index in [1.54, 1.807) is 16.4 Å². The number of aliphatic hydroxyl groups excluding tert-OH is 1. The van der Waals surface area contributed by atoms with Crippen LogP contribution in [0.4, 0.5) is 0 Å². The highest BCUT2D eigenvalue weighted by Gasteiger charge is 2.29. The van der Waals surface area contributed by atoms with Crippen LogP contribution >= 0.6 is 0 Å². The third-order valence-electron chi connectivity index (χ3n) is 7.26. The summed E-state index contributed by atoms with van der Waals surface area (Å²) in [7, 11) is -3.52. The van der Waals surface area contributed by atoms with Gasteiger partial charge in [0.05, 0.1) is 4.90 Å². The van der Waals surface area contributed by atoms with E-state index in [1.165, 1.54) is 0 Å². The Morgan fingerprint density at radius 2 is 1.48 bits per heavy atom. The number of nitrogens with one attached hydrogen (secondary N) is 1. The summed E-state index contributed by atoms with van der Waals surface area (Å²) < 4.78 is 39.5. The van der Waals surface area contributed by atoms with E-state index in [2.05, 4.69) is 5.32 Å². The molecule has 4 aromatic rings. The second kappa shape index (κ2) is 13.3. The van der Waals surface area contributed by atoms with Gasteiger partial charge in [0, 0.05) is 19.6 Å². The number of aliphatic hydroxyl groups is 1. The topological polar surface area (TPSA) is 88.1 Å². The molecular formula is C32H36N2O5S. The van der Waals surface area contributed by atoms with Crippen molar-refractivity contribution in [3.05, 3.63) is 103 Å². The van der Waals surface area contributed by atoms with Crippen LogP contribution in [-0.4, -0.2) is 56.7 Å². The highest BCUT2D eigenvalue weighted by atomic mass is 32.2.